The Balaban J connectivity index is 2.42. The summed E-state index contributed by atoms with van der Waals surface area (Å²) >= 11 is 0. The van der Waals surface area contributed by atoms with Gasteiger partial charge in [-0.1, -0.05) is 29.8 Å². The molecule has 0 atom stereocenters. The Morgan fingerprint density at radius 1 is 0.895 bits per heavy atom. The molecule has 0 radical (unpaired) electrons. The fraction of sp³-hybridized carbons (Fsp3) is 0.200. The second-order valence-corrected chi connectivity index (χ2v) is 6.59. The molecule has 0 fully saturated rings. The van der Waals surface area contributed by atoms with Crippen LogP contribution in [-0.2, 0) is 10.0 Å². The number of anilines is 1. The fourth-order valence-electron chi connectivity index (χ4n) is 1.83. The Morgan fingerprint density at radius 2 is 1.53 bits per heavy atom. The Kier molecular flexibility index (Phi) is 3.62. The summed E-state index contributed by atoms with van der Waals surface area (Å²) < 4.78 is 26.3. The van der Waals surface area contributed by atoms with E-state index in [0.717, 1.165) is 11.1 Å². The first-order chi connectivity index (χ1) is 8.91. The largest absolute Gasteiger partial charge is 0.269 e. The van der Waals surface area contributed by atoms with Gasteiger partial charge in [-0.05, 0) is 43.7 Å². The van der Waals surface area contributed by atoms with Crippen LogP contribution in [0.5, 0.6) is 0 Å². The monoisotopic (exact) mass is 275 g/mol. The van der Waals surface area contributed by atoms with E-state index < -0.39 is 10.0 Å². The molecule has 100 valence electrons. The quantitative estimate of drug-likeness (QED) is 0.863. The van der Waals surface area contributed by atoms with E-state index in [9.17, 15) is 8.42 Å². The summed E-state index contributed by atoms with van der Waals surface area (Å²) in [7, 11) is -1.92. The van der Waals surface area contributed by atoms with Gasteiger partial charge in [0.05, 0.1) is 10.6 Å². The molecular formula is C15H17NO2S. The number of hydrogen-bond donors (Lipinski definition) is 0. The Bertz CT molecular complexity index is 676. The van der Waals surface area contributed by atoms with Crippen molar-refractivity contribution in [2.45, 2.75) is 18.7 Å². The second-order valence-electron chi connectivity index (χ2n) is 4.62. The SMILES string of the molecule is Cc1ccc(S(=O)(=O)N(C)c2cccc(C)c2)cc1. The van der Waals surface area contributed by atoms with Crippen LogP contribution >= 0.6 is 0 Å². The highest BCUT2D eigenvalue weighted by Gasteiger charge is 2.20. The van der Waals surface area contributed by atoms with E-state index in [-0.39, 0.29) is 0 Å². The lowest BCUT2D eigenvalue weighted by molar-refractivity contribution is 0.594. The van der Waals surface area contributed by atoms with Crippen LogP contribution in [0.1, 0.15) is 11.1 Å². The number of rotatable bonds is 3. The van der Waals surface area contributed by atoms with Gasteiger partial charge in [0.1, 0.15) is 0 Å². The molecular weight excluding hydrogens is 258 g/mol. The molecule has 0 amide bonds. The first-order valence-electron chi connectivity index (χ1n) is 6.03. The molecule has 0 spiro atoms. The molecule has 2 aromatic carbocycles. The van der Waals surface area contributed by atoms with Crippen molar-refractivity contribution >= 4 is 15.7 Å². The lowest BCUT2D eigenvalue weighted by Gasteiger charge is -2.20. The van der Waals surface area contributed by atoms with Gasteiger partial charge >= 0.3 is 0 Å². The second kappa shape index (κ2) is 5.05. The average Bonchev–Trinajstić information content (AvgIpc) is 2.38. The summed E-state index contributed by atoms with van der Waals surface area (Å²) in [5.74, 6) is 0. The van der Waals surface area contributed by atoms with Gasteiger partial charge in [-0.2, -0.15) is 0 Å². The van der Waals surface area contributed by atoms with E-state index in [1.807, 2.05) is 32.0 Å². The number of hydrogen-bond acceptors (Lipinski definition) is 2. The summed E-state index contributed by atoms with van der Waals surface area (Å²) in [4.78, 5) is 0.308. The lowest BCUT2D eigenvalue weighted by atomic mass is 10.2. The maximum Gasteiger partial charge on any atom is 0.264 e. The van der Waals surface area contributed by atoms with Crippen molar-refractivity contribution in [3.05, 3.63) is 59.7 Å². The third kappa shape index (κ3) is 2.79. The number of benzene rings is 2. The maximum atomic E-state index is 12.5. The van der Waals surface area contributed by atoms with Gasteiger partial charge in [-0.3, -0.25) is 4.31 Å². The van der Waals surface area contributed by atoms with Crippen molar-refractivity contribution in [1.29, 1.82) is 0 Å². The van der Waals surface area contributed by atoms with Gasteiger partial charge < -0.3 is 0 Å². The van der Waals surface area contributed by atoms with Gasteiger partial charge in [-0.25, -0.2) is 8.42 Å². The van der Waals surface area contributed by atoms with Gasteiger partial charge in [0.25, 0.3) is 10.0 Å². The van der Waals surface area contributed by atoms with E-state index in [1.54, 1.807) is 37.4 Å². The maximum absolute atomic E-state index is 12.5. The van der Waals surface area contributed by atoms with Crippen LogP contribution in [0.4, 0.5) is 5.69 Å². The predicted octanol–water partition coefficient (Wildman–Crippen LogP) is 3.13. The predicted molar refractivity (Wildman–Crippen MR) is 77.9 cm³/mol. The zero-order valence-electron chi connectivity index (χ0n) is 11.3. The Hall–Kier alpha value is -1.81. The standard InChI is InChI=1S/C15H17NO2S/c1-12-7-9-15(10-8-12)19(17,18)16(3)14-6-4-5-13(2)11-14/h4-11H,1-3H3. The molecule has 0 aliphatic carbocycles. The first kappa shape index (κ1) is 13.6. The van der Waals surface area contributed by atoms with Crippen LogP contribution in [-0.4, -0.2) is 15.5 Å². The van der Waals surface area contributed by atoms with Crippen LogP contribution in [0.15, 0.2) is 53.4 Å². The molecule has 4 heteroatoms. The van der Waals surface area contributed by atoms with Crippen LogP contribution in [0.2, 0.25) is 0 Å². The van der Waals surface area contributed by atoms with Gasteiger partial charge in [0.15, 0.2) is 0 Å². The smallest absolute Gasteiger partial charge is 0.264 e. The van der Waals surface area contributed by atoms with E-state index in [2.05, 4.69) is 0 Å². The van der Waals surface area contributed by atoms with Crippen molar-refractivity contribution in [3.63, 3.8) is 0 Å². The van der Waals surface area contributed by atoms with Gasteiger partial charge in [-0.15, -0.1) is 0 Å². The third-order valence-corrected chi connectivity index (χ3v) is 4.84. The average molecular weight is 275 g/mol. The highest BCUT2D eigenvalue weighted by molar-refractivity contribution is 7.92. The third-order valence-electron chi connectivity index (χ3n) is 3.04. The number of nitrogens with zero attached hydrogens (tertiary/aromatic N) is 1. The van der Waals surface area contributed by atoms with Crippen molar-refractivity contribution in [2.75, 3.05) is 11.4 Å². The molecule has 3 nitrogen and oxygen atoms in total. The molecule has 19 heavy (non-hydrogen) atoms. The normalized spacial score (nSPS) is 11.3. The van der Waals surface area contributed by atoms with Crippen LogP contribution in [0.3, 0.4) is 0 Å². The molecule has 0 aromatic heterocycles. The number of sulfonamides is 1. The van der Waals surface area contributed by atoms with Crippen LogP contribution < -0.4 is 4.31 Å². The molecule has 0 saturated heterocycles. The first-order valence-corrected chi connectivity index (χ1v) is 7.47. The molecule has 0 N–H and O–H groups in total. The van der Waals surface area contributed by atoms with E-state index in [1.165, 1.54) is 4.31 Å². The molecule has 0 unspecified atom stereocenters. The topological polar surface area (TPSA) is 37.4 Å². The fourth-order valence-corrected chi connectivity index (χ4v) is 3.02. The highest BCUT2D eigenvalue weighted by atomic mass is 32.2. The van der Waals surface area contributed by atoms with Crippen molar-refractivity contribution in [2.24, 2.45) is 0 Å². The Morgan fingerprint density at radius 3 is 2.11 bits per heavy atom. The van der Waals surface area contributed by atoms with Gasteiger partial charge in [0, 0.05) is 7.05 Å². The summed E-state index contributed by atoms with van der Waals surface area (Å²) in [6, 6.07) is 14.3. The zero-order valence-corrected chi connectivity index (χ0v) is 12.1. The molecule has 2 rings (SSSR count). The molecule has 0 aliphatic rings. The highest BCUT2D eigenvalue weighted by Crippen LogP contribution is 2.22. The summed E-state index contributed by atoms with van der Waals surface area (Å²) in [5.41, 5.74) is 2.74. The molecule has 0 aliphatic heterocycles. The molecule has 0 bridgehead atoms. The summed E-state index contributed by atoms with van der Waals surface area (Å²) in [5, 5.41) is 0. The summed E-state index contributed by atoms with van der Waals surface area (Å²) in [6.45, 7) is 3.87. The van der Waals surface area contributed by atoms with Gasteiger partial charge in [0.2, 0.25) is 0 Å². The van der Waals surface area contributed by atoms with Crippen LogP contribution in [0, 0.1) is 13.8 Å². The molecule has 0 heterocycles. The number of aryl methyl sites for hydroxylation is 2. The lowest BCUT2D eigenvalue weighted by Crippen LogP contribution is -2.26. The minimum absolute atomic E-state index is 0.308. The van der Waals surface area contributed by atoms with Crippen molar-refractivity contribution in [3.8, 4) is 0 Å². The summed E-state index contributed by atoms with van der Waals surface area (Å²) in [6.07, 6.45) is 0. The van der Waals surface area contributed by atoms with Crippen molar-refractivity contribution in [1.82, 2.24) is 0 Å². The van der Waals surface area contributed by atoms with Crippen molar-refractivity contribution < 1.29 is 8.42 Å². The minimum atomic E-state index is -3.49. The Labute approximate surface area is 114 Å². The van der Waals surface area contributed by atoms with E-state index in [0.29, 0.717) is 10.6 Å². The minimum Gasteiger partial charge on any atom is -0.269 e. The van der Waals surface area contributed by atoms with E-state index >= 15 is 0 Å². The zero-order chi connectivity index (χ0) is 14.0. The molecule has 0 saturated carbocycles. The van der Waals surface area contributed by atoms with E-state index in [4.69, 9.17) is 0 Å². The molecule has 2 aromatic rings. The van der Waals surface area contributed by atoms with Crippen LogP contribution in [0.25, 0.3) is 0 Å².